The number of ether oxygens (including phenoxy) is 1. The summed E-state index contributed by atoms with van der Waals surface area (Å²) in [5.41, 5.74) is 7.21. The van der Waals surface area contributed by atoms with E-state index in [1.807, 2.05) is 13.8 Å². The van der Waals surface area contributed by atoms with Crippen molar-refractivity contribution in [1.29, 1.82) is 5.26 Å². The molecule has 0 aliphatic carbocycles. The highest BCUT2D eigenvalue weighted by atomic mass is 32.1. The van der Waals surface area contributed by atoms with E-state index in [1.165, 1.54) is 23.5 Å². The van der Waals surface area contributed by atoms with Gasteiger partial charge in [-0.2, -0.15) is 5.26 Å². The Bertz CT molecular complexity index is 659. The van der Waals surface area contributed by atoms with Crippen molar-refractivity contribution in [3.63, 3.8) is 0 Å². The van der Waals surface area contributed by atoms with E-state index in [9.17, 15) is 4.39 Å². The third-order valence-electron chi connectivity index (χ3n) is 2.72. The van der Waals surface area contributed by atoms with Crippen LogP contribution in [0.15, 0.2) is 24.3 Å². The molecule has 0 radical (unpaired) electrons. The lowest BCUT2D eigenvalue weighted by Gasteiger charge is -2.12. The van der Waals surface area contributed by atoms with Gasteiger partial charge in [-0.1, -0.05) is 12.1 Å². The Balaban J connectivity index is 2.18. The average molecular weight is 305 g/mol. The topological polar surface area (TPSA) is 71.1 Å². The number of nitrogens with zero attached hydrogens (tertiary/aromatic N) is 1. The molecule has 1 heterocycles. The minimum Gasteiger partial charge on any atom is -0.486 e. The van der Waals surface area contributed by atoms with Gasteiger partial charge in [-0.3, -0.25) is 0 Å². The van der Waals surface area contributed by atoms with E-state index in [1.54, 1.807) is 12.1 Å². The summed E-state index contributed by atoms with van der Waals surface area (Å²) >= 11 is 1.25. The molecule has 0 bridgehead atoms. The van der Waals surface area contributed by atoms with Gasteiger partial charge in [-0.05, 0) is 31.5 Å². The summed E-state index contributed by atoms with van der Waals surface area (Å²) in [6.45, 7) is 4.29. The first-order chi connectivity index (χ1) is 10.0. The largest absolute Gasteiger partial charge is 0.486 e. The van der Waals surface area contributed by atoms with Crippen LogP contribution in [0, 0.1) is 17.1 Å². The highest BCUT2D eigenvalue weighted by Gasteiger charge is 2.18. The van der Waals surface area contributed by atoms with E-state index in [-0.39, 0.29) is 11.9 Å². The summed E-state index contributed by atoms with van der Waals surface area (Å²) in [5, 5.41) is 13.0. The first-order valence-corrected chi connectivity index (χ1v) is 7.30. The summed E-state index contributed by atoms with van der Waals surface area (Å²) < 4.78 is 18.5. The first kappa shape index (κ1) is 15.1. The van der Waals surface area contributed by atoms with Crippen molar-refractivity contribution < 1.29 is 9.13 Å². The van der Waals surface area contributed by atoms with Gasteiger partial charge in [-0.15, -0.1) is 11.3 Å². The second-order valence-electron chi connectivity index (χ2n) is 4.76. The summed E-state index contributed by atoms with van der Waals surface area (Å²) in [5.74, 6) is 0.239. The lowest BCUT2D eigenvalue weighted by molar-refractivity contribution is 0.246. The predicted octanol–water partition coefficient (Wildman–Crippen LogP) is 3.74. The molecule has 6 heteroatoms. The molecule has 0 fully saturated rings. The summed E-state index contributed by atoms with van der Waals surface area (Å²) in [4.78, 5) is 0.423. The van der Waals surface area contributed by atoms with Crippen LogP contribution in [0.1, 0.15) is 24.3 Å². The number of rotatable bonds is 5. The van der Waals surface area contributed by atoms with Crippen LogP contribution in [0.4, 0.5) is 15.1 Å². The highest BCUT2D eigenvalue weighted by molar-refractivity contribution is 7.17. The Morgan fingerprint density at radius 3 is 2.62 bits per heavy atom. The lowest BCUT2D eigenvalue weighted by Crippen LogP contribution is -2.08. The number of thiophene rings is 1. The third kappa shape index (κ3) is 3.64. The van der Waals surface area contributed by atoms with Gasteiger partial charge in [0.1, 0.15) is 27.5 Å². The van der Waals surface area contributed by atoms with Gasteiger partial charge in [0.15, 0.2) is 5.75 Å². The molecule has 0 atom stereocenters. The Morgan fingerprint density at radius 2 is 2.05 bits per heavy atom. The zero-order valence-corrected chi connectivity index (χ0v) is 12.6. The normalized spacial score (nSPS) is 10.4. The van der Waals surface area contributed by atoms with Gasteiger partial charge < -0.3 is 15.8 Å². The molecular formula is C15H16FN3OS. The minimum absolute atomic E-state index is 0.0418. The van der Waals surface area contributed by atoms with Crippen LogP contribution in [0.3, 0.4) is 0 Å². The average Bonchev–Trinajstić information content (AvgIpc) is 2.74. The van der Waals surface area contributed by atoms with Crippen LogP contribution in [0.2, 0.25) is 0 Å². The standard InChI is InChI=1S/C15H16FN3OS/c1-9(2)20-14-13(18)12(7-17)21-15(14)19-8-10-3-5-11(16)6-4-10/h3-6,9,19H,8,18H2,1-2H3. The van der Waals surface area contributed by atoms with Crippen molar-refractivity contribution in [1.82, 2.24) is 0 Å². The van der Waals surface area contributed by atoms with Crippen LogP contribution < -0.4 is 15.8 Å². The second-order valence-corrected chi connectivity index (χ2v) is 5.78. The fraction of sp³-hybridized carbons (Fsp3) is 0.267. The van der Waals surface area contributed by atoms with Crippen molar-refractivity contribution in [3.8, 4) is 11.8 Å². The van der Waals surface area contributed by atoms with Crippen LogP contribution in [-0.2, 0) is 6.54 Å². The van der Waals surface area contributed by atoms with Crippen molar-refractivity contribution in [2.45, 2.75) is 26.5 Å². The Kier molecular flexibility index (Phi) is 4.66. The molecule has 0 unspecified atom stereocenters. The molecular weight excluding hydrogens is 289 g/mol. The van der Waals surface area contributed by atoms with E-state index in [0.717, 1.165) is 5.56 Å². The summed E-state index contributed by atoms with van der Waals surface area (Å²) in [6, 6.07) is 8.28. The predicted molar refractivity (Wildman–Crippen MR) is 82.9 cm³/mol. The van der Waals surface area contributed by atoms with Crippen LogP contribution >= 0.6 is 11.3 Å². The Labute approximate surface area is 127 Å². The maximum atomic E-state index is 12.9. The van der Waals surface area contributed by atoms with Crippen molar-refractivity contribution >= 4 is 22.0 Å². The Morgan fingerprint density at radius 1 is 1.38 bits per heavy atom. The highest BCUT2D eigenvalue weighted by Crippen LogP contribution is 2.42. The molecule has 0 aliphatic rings. The van der Waals surface area contributed by atoms with Crippen LogP contribution in [0.5, 0.6) is 5.75 Å². The number of hydrogen-bond acceptors (Lipinski definition) is 5. The zero-order valence-electron chi connectivity index (χ0n) is 11.8. The van der Waals surface area contributed by atoms with Crippen LogP contribution in [-0.4, -0.2) is 6.10 Å². The Hall–Kier alpha value is -2.26. The number of hydrogen-bond donors (Lipinski definition) is 2. The molecule has 0 saturated carbocycles. The maximum Gasteiger partial charge on any atom is 0.178 e. The van der Waals surface area contributed by atoms with E-state index in [4.69, 9.17) is 15.7 Å². The molecule has 21 heavy (non-hydrogen) atoms. The van der Waals surface area contributed by atoms with E-state index in [2.05, 4.69) is 11.4 Å². The lowest BCUT2D eigenvalue weighted by atomic mass is 10.2. The molecule has 2 aromatic rings. The van der Waals surface area contributed by atoms with Crippen molar-refractivity contribution in [2.75, 3.05) is 11.1 Å². The van der Waals surface area contributed by atoms with Crippen LogP contribution in [0.25, 0.3) is 0 Å². The van der Waals surface area contributed by atoms with E-state index in [0.29, 0.717) is 27.9 Å². The van der Waals surface area contributed by atoms with Gasteiger partial charge in [-0.25, -0.2) is 4.39 Å². The van der Waals surface area contributed by atoms with Gasteiger partial charge in [0.05, 0.1) is 6.10 Å². The monoisotopic (exact) mass is 305 g/mol. The molecule has 0 spiro atoms. The molecule has 0 amide bonds. The van der Waals surface area contributed by atoms with Gasteiger partial charge in [0, 0.05) is 6.54 Å². The number of nitriles is 1. The third-order valence-corrected chi connectivity index (χ3v) is 3.77. The molecule has 2 rings (SSSR count). The smallest absolute Gasteiger partial charge is 0.178 e. The van der Waals surface area contributed by atoms with Gasteiger partial charge >= 0.3 is 0 Å². The molecule has 110 valence electrons. The first-order valence-electron chi connectivity index (χ1n) is 6.48. The number of nitrogen functional groups attached to an aromatic ring is 1. The summed E-state index contributed by atoms with van der Waals surface area (Å²) in [6.07, 6.45) is -0.0418. The number of halogens is 1. The quantitative estimate of drug-likeness (QED) is 0.882. The fourth-order valence-corrected chi connectivity index (χ4v) is 2.61. The fourth-order valence-electron chi connectivity index (χ4n) is 1.77. The zero-order chi connectivity index (χ0) is 15.4. The maximum absolute atomic E-state index is 12.9. The number of benzene rings is 1. The minimum atomic E-state index is -0.269. The summed E-state index contributed by atoms with van der Waals surface area (Å²) in [7, 11) is 0. The number of anilines is 2. The van der Waals surface area contributed by atoms with Gasteiger partial charge in [0.25, 0.3) is 0 Å². The van der Waals surface area contributed by atoms with Gasteiger partial charge in [0.2, 0.25) is 0 Å². The molecule has 1 aromatic carbocycles. The molecule has 1 aromatic heterocycles. The SMILES string of the molecule is CC(C)Oc1c(NCc2ccc(F)cc2)sc(C#N)c1N. The molecule has 3 N–H and O–H groups in total. The van der Waals surface area contributed by atoms with Crippen molar-refractivity contribution in [3.05, 3.63) is 40.5 Å². The number of nitrogens with two attached hydrogens (primary N) is 1. The van der Waals surface area contributed by atoms with Crippen molar-refractivity contribution in [2.24, 2.45) is 0 Å². The molecule has 0 saturated heterocycles. The van der Waals surface area contributed by atoms with E-state index < -0.39 is 0 Å². The van der Waals surface area contributed by atoms with E-state index >= 15 is 0 Å². The molecule has 0 aliphatic heterocycles. The second kappa shape index (κ2) is 6.46. The molecule has 4 nitrogen and oxygen atoms in total. The number of nitrogens with one attached hydrogen (secondary N) is 1.